The van der Waals surface area contributed by atoms with Gasteiger partial charge in [0.05, 0.1) is 10.9 Å². The van der Waals surface area contributed by atoms with Crippen LogP contribution in [0.4, 0.5) is 5.69 Å². The van der Waals surface area contributed by atoms with Crippen molar-refractivity contribution < 1.29 is 14.7 Å². The molecule has 4 rings (SSSR count). The van der Waals surface area contributed by atoms with E-state index in [-0.39, 0.29) is 5.56 Å². The van der Waals surface area contributed by atoms with Crippen molar-refractivity contribution in [1.29, 1.82) is 0 Å². The fourth-order valence-electron chi connectivity index (χ4n) is 3.36. The van der Waals surface area contributed by atoms with Crippen LogP contribution in [0.25, 0.3) is 22.6 Å². The van der Waals surface area contributed by atoms with Gasteiger partial charge in [0.15, 0.2) is 0 Å². The molecule has 8 heteroatoms. The van der Waals surface area contributed by atoms with Crippen LogP contribution in [0.5, 0.6) is 0 Å². The highest BCUT2D eigenvalue weighted by molar-refractivity contribution is 6.30. The van der Waals surface area contributed by atoms with E-state index in [1.807, 2.05) is 24.3 Å². The van der Waals surface area contributed by atoms with Gasteiger partial charge in [0, 0.05) is 29.4 Å². The molecule has 1 aliphatic rings. The Balaban J connectivity index is 1.72. The van der Waals surface area contributed by atoms with Crippen molar-refractivity contribution in [2.75, 3.05) is 5.32 Å². The molecule has 1 amide bonds. The van der Waals surface area contributed by atoms with Crippen molar-refractivity contribution in [3.63, 3.8) is 0 Å². The quantitative estimate of drug-likeness (QED) is 0.627. The molecule has 30 heavy (non-hydrogen) atoms. The standard InChI is InChI=1S/C22H16ClN3O4/c23-15-3-1-2-13(11-15)10-14-8-9-26-21(14)25-18-12-16(4-5-17(18)22(26)30)24-19(27)6-7-20(28)29/h1-7,10-12H,8-9H2,(H,24,27)(H,28,29). The number of nitrogens with zero attached hydrogens (tertiary/aromatic N) is 2. The molecule has 0 bridgehead atoms. The van der Waals surface area contributed by atoms with E-state index >= 15 is 0 Å². The minimum Gasteiger partial charge on any atom is -0.478 e. The second-order valence-electron chi connectivity index (χ2n) is 6.76. The molecular weight excluding hydrogens is 406 g/mol. The molecule has 7 nitrogen and oxygen atoms in total. The lowest BCUT2D eigenvalue weighted by atomic mass is 10.1. The number of nitrogens with one attached hydrogen (secondary N) is 1. The Morgan fingerprint density at radius 1 is 1.17 bits per heavy atom. The average molecular weight is 422 g/mol. The molecule has 0 saturated heterocycles. The maximum Gasteiger partial charge on any atom is 0.328 e. The summed E-state index contributed by atoms with van der Waals surface area (Å²) in [5.74, 6) is -1.22. The van der Waals surface area contributed by atoms with Gasteiger partial charge in [0.2, 0.25) is 5.91 Å². The van der Waals surface area contributed by atoms with Gasteiger partial charge in [0.25, 0.3) is 5.56 Å². The number of halogens is 1. The number of amides is 1. The molecule has 2 N–H and O–H groups in total. The molecule has 150 valence electrons. The van der Waals surface area contributed by atoms with Gasteiger partial charge in [0.1, 0.15) is 5.82 Å². The topological polar surface area (TPSA) is 101 Å². The Morgan fingerprint density at radius 2 is 2.00 bits per heavy atom. The summed E-state index contributed by atoms with van der Waals surface area (Å²) >= 11 is 6.06. The summed E-state index contributed by atoms with van der Waals surface area (Å²) in [4.78, 5) is 39.9. The van der Waals surface area contributed by atoms with E-state index in [9.17, 15) is 14.4 Å². The number of carbonyl (C=O) groups is 2. The number of anilines is 1. The molecule has 2 aromatic carbocycles. The first kappa shape index (κ1) is 19.6. The second-order valence-corrected chi connectivity index (χ2v) is 7.20. The zero-order valence-corrected chi connectivity index (χ0v) is 16.4. The van der Waals surface area contributed by atoms with E-state index in [1.54, 1.807) is 28.8 Å². The van der Waals surface area contributed by atoms with Gasteiger partial charge in [-0.1, -0.05) is 23.7 Å². The number of carboxylic acids is 1. The number of fused-ring (bicyclic) bond motifs is 2. The third-order valence-electron chi connectivity index (χ3n) is 4.68. The van der Waals surface area contributed by atoms with Crippen LogP contribution in [0, 0.1) is 0 Å². The van der Waals surface area contributed by atoms with Gasteiger partial charge >= 0.3 is 5.97 Å². The van der Waals surface area contributed by atoms with Crippen LogP contribution in [0.1, 0.15) is 17.8 Å². The number of allylic oxidation sites excluding steroid dienone is 1. The van der Waals surface area contributed by atoms with Crippen LogP contribution >= 0.6 is 11.6 Å². The largest absolute Gasteiger partial charge is 0.478 e. The number of carbonyl (C=O) groups excluding carboxylic acids is 1. The Kier molecular flexibility index (Phi) is 5.20. The van der Waals surface area contributed by atoms with E-state index in [1.165, 1.54) is 0 Å². The average Bonchev–Trinajstić information content (AvgIpc) is 3.09. The number of hydrogen-bond donors (Lipinski definition) is 2. The molecular formula is C22H16ClN3O4. The van der Waals surface area contributed by atoms with Crippen LogP contribution in [-0.4, -0.2) is 26.5 Å². The van der Waals surface area contributed by atoms with Gasteiger partial charge in [-0.2, -0.15) is 0 Å². The number of carboxylic acid groups (broad SMARTS) is 1. The summed E-state index contributed by atoms with van der Waals surface area (Å²) < 4.78 is 1.65. The Bertz CT molecular complexity index is 1310. The molecule has 0 saturated carbocycles. The number of aromatic nitrogens is 2. The van der Waals surface area contributed by atoms with E-state index in [0.29, 0.717) is 40.4 Å². The summed E-state index contributed by atoms with van der Waals surface area (Å²) in [7, 11) is 0. The highest BCUT2D eigenvalue weighted by Crippen LogP contribution is 2.28. The minimum absolute atomic E-state index is 0.145. The molecule has 0 unspecified atom stereocenters. The first-order valence-electron chi connectivity index (χ1n) is 9.14. The smallest absolute Gasteiger partial charge is 0.328 e. The van der Waals surface area contributed by atoms with Gasteiger partial charge in [-0.3, -0.25) is 14.2 Å². The van der Waals surface area contributed by atoms with Crippen molar-refractivity contribution in [1.82, 2.24) is 9.55 Å². The monoisotopic (exact) mass is 421 g/mol. The van der Waals surface area contributed by atoms with Crippen LogP contribution in [0.2, 0.25) is 5.02 Å². The van der Waals surface area contributed by atoms with Gasteiger partial charge in [-0.25, -0.2) is 9.78 Å². The lowest BCUT2D eigenvalue weighted by Gasteiger charge is -2.08. The molecule has 3 aromatic rings. The van der Waals surface area contributed by atoms with Crippen molar-refractivity contribution in [3.8, 4) is 0 Å². The summed E-state index contributed by atoms with van der Waals surface area (Å²) in [6.45, 7) is 0.544. The third-order valence-corrected chi connectivity index (χ3v) is 4.92. The molecule has 2 heterocycles. The summed E-state index contributed by atoms with van der Waals surface area (Å²) in [5.41, 5.74) is 2.57. The van der Waals surface area contributed by atoms with E-state index < -0.39 is 11.9 Å². The van der Waals surface area contributed by atoms with Crippen LogP contribution in [0.3, 0.4) is 0 Å². The second kappa shape index (κ2) is 7.96. The number of benzene rings is 2. The fourth-order valence-corrected chi connectivity index (χ4v) is 3.56. The van der Waals surface area contributed by atoms with Gasteiger partial charge < -0.3 is 10.4 Å². The summed E-state index contributed by atoms with van der Waals surface area (Å²) in [5, 5.41) is 12.3. The fraction of sp³-hybridized carbons (Fsp3) is 0.0909. The molecule has 0 spiro atoms. The Labute approximate surface area is 175 Å². The van der Waals surface area contributed by atoms with Gasteiger partial charge in [-0.05, 0) is 54.0 Å². The molecule has 0 aliphatic carbocycles. The Morgan fingerprint density at radius 3 is 2.77 bits per heavy atom. The number of rotatable bonds is 4. The third kappa shape index (κ3) is 4.01. The summed E-state index contributed by atoms with van der Waals surface area (Å²) in [6, 6.07) is 12.2. The normalized spacial score (nSPS) is 14.4. The minimum atomic E-state index is -1.21. The predicted octanol–water partition coefficient (Wildman–Crippen LogP) is 3.57. The Hall–Kier alpha value is -3.71. The molecule has 1 aromatic heterocycles. The first-order chi connectivity index (χ1) is 14.4. The first-order valence-corrected chi connectivity index (χ1v) is 9.51. The number of hydrogen-bond acceptors (Lipinski definition) is 4. The van der Waals surface area contributed by atoms with Crippen LogP contribution in [-0.2, 0) is 16.1 Å². The van der Waals surface area contributed by atoms with E-state index in [0.717, 1.165) is 23.3 Å². The molecule has 0 fully saturated rings. The summed E-state index contributed by atoms with van der Waals surface area (Å²) in [6.07, 6.45) is 4.31. The maximum atomic E-state index is 12.9. The zero-order valence-electron chi connectivity index (χ0n) is 15.6. The van der Waals surface area contributed by atoms with Crippen molar-refractivity contribution in [3.05, 3.63) is 81.4 Å². The van der Waals surface area contributed by atoms with Crippen molar-refractivity contribution >= 4 is 51.7 Å². The van der Waals surface area contributed by atoms with Crippen LogP contribution < -0.4 is 10.9 Å². The van der Waals surface area contributed by atoms with Gasteiger partial charge in [-0.15, -0.1) is 0 Å². The lowest BCUT2D eigenvalue weighted by molar-refractivity contribution is -0.131. The van der Waals surface area contributed by atoms with Crippen molar-refractivity contribution in [2.45, 2.75) is 13.0 Å². The molecule has 1 aliphatic heterocycles. The molecule has 0 atom stereocenters. The highest BCUT2D eigenvalue weighted by Gasteiger charge is 2.21. The predicted molar refractivity (Wildman–Crippen MR) is 115 cm³/mol. The maximum absolute atomic E-state index is 12.9. The SMILES string of the molecule is O=C(O)C=CC(=O)Nc1ccc2c(=O)n3c(nc2c1)C(=Cc1cccc(Cl)c1)CC3. The van der Waals surface area contributed by atoms with Crippen molar-refractivity contribution in [2.24, 2.45) is 0 Å². The number of aliphatic carboxylic acids is 1. The molecule has 0 radical (unpaired) electrons. The lowest BCUT2D eigenvalue weighted by Crippen LogP contribution is -2.21. The highest BCUT2D eigenvalue weighted by atomic mass is 35.5. The van der Waals surface area contributed by atoms with Crippen LogP contribution in [0.15, 0.2) is 59.4 Å². The van der Waals surface area contributed by atoms with E-state index in [2.05, 4.69) is 10.3 Å². The van der Waals surface area contributed by atoms with E-state index in [4.69, 9.17) is 16.7 Å². The zero-order chi connectivity index (χ0) is 21.3.